The number of carbonyl (C=O) groups is 1. The number of likely N-dealkylation sites (N-methyl/N-ethyl adjacent to an activating group) is 1. The van der Waals surface area contributed by atoms with Gasteiger partial charge in [0.05, 0.1) is 6.54 Å². The van der Waals surface area contributed by atoms with Gasteiger partial charge in [-0.15, -0.1) is 0 Å². The van der Waals surface area contributed by atoms with Crippen LogP contribution in [0.3, 0.4) is 0 Å². The Morgan fingerprint density at radius 1 is 1.33 bits per heavy atom. The molecule has 0 atom stereocenters. The lowest BCUT2D eigenvalue weighted by molar-refractivity contribution is -0.129. The van der Waals surface area contributed by atoms with Gasteiger partial charge in [-0.2, -0.15) is 0 Å². The molecule has 1 amide bonds. The summed E-state index contributed by atoms with van der Waals surface area (Å²) >= 11 is 0. The molecule has 100 valence electrons. The molecule has 1 aromatic carbocycles. The summed E-state index contributed by atoms with van der Waals surface area (Å²) < 4.78 is 0. The van der Waals surface area contributed by atoms with Crippen LogP contribution in [0, 0.1) is 13.8 Å². The van der Waals surface area contributed by atoms with E-state index in [2.05, 4.69) is 44.3 Å². The van der Waals surface area contributed by atoms with E-state index in [4.69, 9.17) is 0 Å². The van der Waals surface area contributed by atoms with Crippen molar-refractivity contribution in [2.45, 2.75) is 33.7 Å². The van der Waals surface area contributed by atoms with Gasteiger partial charge in [0.2, 0.25) is 5.91 Å². The van der Waals surface area contributed by atoms with Crippen LogP contribution in [0.4, 0.5) is 0 Å². The quantitative estimate of drug-likeness (QED) is 0.783. The number of hydrogen-bond donors (Lipinski definition) is 1. The van der Waals surface area contributed by atoms with E-state index < -0.39 is 0 Å². The largest absolute Gasteiger partial charge is 0.340 e. The zero-order valence-electron chi connectivity index (χ0n) is 11.9. The maximum absolute atomic E-state index is 11.9. The molecular weight excluding hydrogens is 224 g/mol. The average molecular weight is 248 g/mol. The first-order chi connectivity index (χ1) is 8.54. The molecule has 1 aromatic rings. The molecule has 0 radical (unpaired) electrons. The van der Waals surface area contributed by atoms with E-state index in [-0.39, 0.29) is 5.91 Å². The molecule has 0 saturated heterocycles. The minimum atomic E-state index is 0.142. The standard InChI is InChI=1S/C15H24N2O/c1-5-8-16-10-15(18)17(4)11-14-7-6-12(2)9-13(14)3/h6-7,9,16H,5,8,10-11H2,1-4H3. The van der Waals surface area contributed by atoms with Crippen LogP contribution in [0.2, 0.25) is 0 Å². The number of hydrogen-bond acceptors (Lipinski definition) is 2. The van der Waals surface area contributed by atoms with Crippen molar-refractivity contribution in [3.8, 4) is 0 Å². The third kappa shape index (κ3) is 4.49. The van der Waals surface area contributed by atoms with Crippen LogP contribution in [0.1, 0.15) is 30.0 Å². The highest BCUT2D eigenvalue weighted by Crippen LogP contribution is 2.12. The summed E-state index contributed by atoms with van der Waals surface area (Å²) in [6, 6.07) is 6.35. The third-order valence-electron chi connectivity index (χ3n) is 3.03. The van der Waals surface area contributed by atoms with Gasteiger partial charge in [0.15, 0.2) is 0 Å². The number of nitrogens with zero attached hydrogens (tertiary/aromatic N) is 1. The summed E-state index contributed by atoms with van der Waals surface area (Å²) in [7, 11) is 1.86. The van der Waals surface area contributed by atoms with Gasteiger partial charge < -0.3 is 10.2 Å². The Morgan fingerprint density at radius 2 is 2.06 bits per heavy atom. The summed E-state index contributed by atoms with van der Waals surface area (Å²) in [4.78, 5) is 13.6. The maximum atomic E-state index is 11.9. The maximum Gasteiger partial charge on any atom is 0.236 e. The fourth-order valence-electron chi connectivity index (χ4n) is 1.87. The Hall–Kier alpha value is -1.35. The molecule has 0 spiro atoms. The molecule has 0 heterocycles. The average Bonchev–Trinajstić information content (AvgIpc) is 2.32. The Morgan fingerprint density at radius 3 is 2.67 bits per heavy atom. The van der Waals surface area contributed by atoms with Crippen molar-refractivity contribution in [3.63, 3.8) is 0 Å². The Bertz CT molecular complexity index is 401. The second-order valence-corrected chi connectivity index (χ2v) is 4.86. The lowest BCUT2D eigenvalue weighted by atomic mass is 10.1. The highest BCUT2D eigenvalue weighted by molar-refractivity contribution is 5.78. The van der Waals surface area contributed by atoms with Crippen molar-refractivity contribution < 1.29 is 4.79 Å². The molecule has 0 bridgehead atoms. The molecule has 0 aliphatic rings. The molecule has 0 saturated carbocycles. The Kier molecular flexibility index (Phi) is 5.86. The first-order valence-corrected chi connectivity index (χ1v) is 6.55. The highest BCUT2D eigenvalue weighted by Gasteiger charge is 2.09. The first kappa shape index (κ1) is 14.7. The summed E-state index contributed by atoms with van der Waals surface area (Å²) in [5.41, 5.74) is 3.72. The predicted octanol–water partition coefficient (Wildman–Crippen LogP) is 2.26. The van der Waals surface area contributed by atoms with E-state index in [0.29, 0.717) is 13.1 Å². The van der Waals surface area contributed by atoms with E-state index in [1.165, 1.54) is 16.7 Å². The molecule has 3 nitrogen and oxygen atoms in total. The van der Waals surface area contributed by atoms with Crippen LogP contribution in [0.15, 0.2) is 18.2 Å². The molecule has 3 heteroatoms. The molecule has 0 unspecified atom stereocenters. The molecule has 1 rings (SSSR count). The van der Waals surface area contributed by atoms with Gasteiger partial charge in [-0.3, -0.25) is 4.79 Å². The van der Waals surface area contributed by atoms with Gasteiger partial charge in [0.1, 0.15) is 0 Å². The van der Waals surface area contributed by atoms with Gasteiger partial charge in [-0.25, -0.2) is 0 Å². The number of nitrogens with one attached hydrogen (secondary N) is 1. The van der Waals surface area contributed by atoms with Crippen molar-refractivity contribution in [2.24, 2.45) is 0 Å². The molecule has 0 aromatic heterocycles. The highest BCUT2D eigenvalue weighted by atomic mass is 16.2. The van der Waals surface area contributed by atoms with E-state index in [9.17, 15) is 4.79 Å². The Labute approximate surface area is 110 Å². The minimum Gasteiger partial charge on any atom is -0.340 e. The number of amides is 1. The second-order valence-electron chi connectivity index (χ2n) is 4.86. The predicted molar refractivity (Wildman–Crippen MR) is 75.6 cm³/mol. The zero-order chi connectivity index (χ0) is 13.5. The van der Waals surface area contributed by atoms with Crippen molar-refractivity contribution in [3.05, 3.63) is 34.9 Å². The zero-order valence-corrected chi connectivity index (χ0v) is 11.9. The summed E-state index contributed by atoms with van der Waals surface area (Å²) in [6.07, 6.45) is 1.05. The SMILES string of the molecule is CCCNCC(=O)N(C)Cc1ccc(C)cc1C. The lowest BCUT2D eigenvalue weighted by Gasteiger charge is -2.19. The van der Waals surface area contributed by atoms with E-state index in [0.717, 1.165) is 13.0 Å². The topological polar surface area (TPSA) is 32.3 Å². The molecule has 1 N–H and O–H groups in total. The fourth-order valence-corrected chi connectivity index (χ4v) is 1.87. The number of rotatable bonds is 6. The van der Waals surface area contributed by atoms with Crippen LogP contribution in [0.25, 0.3) is 0 Å². The van der Waals surface area contributed by atoms with Gasteiger partial charge in [-0.1, -0.05) is 30.7 Å². The minimum absolute atomic E-state index is 0.142. The molecule has 0 aliphatic carbocycles. The lowest BCUT2D eigenvalue weighted by Crippen LogP contribution is -2.35. The third-order valence-corrected chi connectivity index (χ3v) is 3.03. The van der Waals surface area contributed by atoms with Crippen LogP contribution < -0.4 is 5.32 Å². The smallest absolute Gasteiger partial charge is 0.236 e. The first-order valence-electron chi connectivity index (χ1n) is 6.55. The number of carbonyl (C=O) groups excluding carboxylic acids is 1. The molecule has 18 heavy (non-hydrogen) atoms. The van der Waals surface area contributed by atoms with Gasteiger partial charge in [-0.05, 0) is 37.9 Å². The van der Waals surface area contributed by atoms with Gasteiger partial charge in [0, 0.05) is 13.6 Å². The van der Waals surface area contributed by atoms with Gasteiger partial charge in [0.25, 0.3) is 0 Å². The van der Waals surface area contributed by atoms with E-state index in [1.54, 1.807) is 4.90 Å². The fraction of sp³-hybridized carbons (Fsp3) is 0.533. The summed E-state index contributed by atoms with van der Waals surface area (Å²) in [5, 5.41) is 3.13. The van der Waals surface area contributed by atoms with Crippen LogP contribution in [-0.2, 0) is 11.3 Å². The number of benzene rings is 1. The molecule has 0 aliphatic heterocycles. The molecular formula is C15H24N2O. The molecule has 0 fully saturated rings. The van der Waals surface area contributed by atoms with Crippen molar-refractivity contribution in [2.75, 3.05) is 20.1 Å². The summed E-state index contributed by atoms with van der Waals surface area (Å²) in [6.45, 7) is 8.27. The monoisotopic (exact) mass is 248 g/mol. The van der Waals surface area contributed by atoms with Gasteiger partial charge >= 0.3 is 0 Å². The Balaban J connectivity index is 2.53. The second kappa shape index (κ2) is 7.17. The van der Waals surface area contributed by atoms with Crippen LogP contribution >= 0.6 is 0 Å². The summed E-state index contributed by atoms with van der Waals surface area (Å²) in [5.74, 6) is 0.142. The van der Waals surface area contributed by atoms with Crippen molar-refractivity contribution in [1.29, 1.82) is 0 Å². The van der Waals surface area contributed by atoms with Crippen molar-refractivity contribution in [1.82, 2.24) is 10.2 Å². The van der Waals surface area contributed by atoms with Crippen molar-refractivity contribution >= 4 is 5.91 Å². The number of aryl methyl sites for hydroxylation is 2. The van der Waals surface area contributed by atoms with E-state index in [1.807, 2.05) is 7.05 Å². The van der Waals surface area contributed by atoms with Crippen LogP contribution in [0.5, 0.6) is 0 Å². The van der Waals surface area contributed by atoms with Crippen LogP contribution in [-0.4, -0.2) is 30.9 Å². The van der Waals surface area contributed by atoms with E-state index >= 15 is 0 Å². The normalized spacial score (nSPS) is 10.4.